The summed E-state index contributed by atoms with van der Waals surface area (Å²) in [4.78, 5) is 0. The minimum atomic E-state index is 1.12. The lowest BCUT2D eigenvalue weighted by Crippen LogP contribution is -2.58. The maximum atomic E-state index is 1.72. The predicted octanol–water partition coefficient (Wildman–Crippen LogP) is 11.1. The van der Waals surface area contributed by atoms with Crippen LogP contribution in [0.15, 0.2) is 0 Å². The van der Waals surface area contributed by atoms with Gasteiger partial charge in [0.05, 0.1) is 0 Å². The third kappa shape index (κ3) is 4.50. The highest BCUT2D eigenvalue weighted by Gasteiger charge is 2.60. The standard InChI is InChI=1S/C38H62/c1-3-12-26(13-4-1)37-33-21-28-16-7-8-17-29(28)22-34(33)38(27-14-5-2-6-15-27)36-24-32-30(23-35(36)37)20-19-25-11-9-10-18-31(25)32/h25-38H,1-24H2. The molecule has 8 aliphatic carbocycles. The Kier molecular flexibility index (Phi) is 7.44. The van der Waals surface area contributed by atoms with Crippen molar-refractivity contribution in [2.45, 2.75) is 154 Å². The van der Waals surface area contributed by atoms with Crippen molar-refractivity contribution >= 4 is 0 Å². The highest BCUT2D eigenvalue weighted by molar-refractivity contribution is 5.08. The SMILES string of the molecule is C1CCC(C2C3CC4CCCCC4CC3C(C3CCCCC3)C3CC4C(CCC5CCCCC54)CC32)CC1. The first kappa shape index (κ1) is 25.7. The molecule has 0 bridgehead atoms. The fraction of sp³-hybridized carbons (Fsp3) is 1.00. The maximum absolute atomic E-state index is 1.72. The Morgan fingerprint density at radius 1 is 0.211 bits per heavy atom. The molecule has 0 aromatic heterocycles. The van der Waals surface area contributed by atoms with Crippen LogP contribution in [0.2, 0.25) is 0 Å². The Balaban J connectivity index is 1.17. The average molecular weight is 519 g/mol. The van der Waals surface area contributed by atoms with Crippen LogP contribution >= 0.6 is 0 Å². The summed E-state index contributed by atoms with van der Waals surface area (Å²) in [5, 5.41) is 0. The van der Waals surface area contributed by atoms with Gasteiger partial charge in [-0.2, -0.15) is 0 Å². The fourth-order valence-corrected chi connectivity index (χ4v) is 14.6. The number of hydrogen-bond donors (Lipinski definition) is 0. The molecule has 0 heterocycles. The van der Waals surface area contributed by atoms with Gasteiger partial charge in [0.2, 0.25) is 0 Å². The molecule has 0 aromatic carbocycles. The van der Waals surface area contributed by atoms with Crippen LogP contribution < -0.4 is 0 Å². The molecule has 8 fully saturated rings. The zero-order chi connectivity index (χ0) is 25.1. The third-order valence-electron chi connectivity index (χ3n) is 15.8. The van der Waals surface area contributed by atoms with E-state index in [0.717, 1.165) is 82.9 Å². The molecule has 0 spiro atoms. The molecule has 12 atom stereocenters. The zero-order valence-corrected chi connectivity index (χ0v) is 25.1. The van der Waals surface area contributed by atoms with Crippen molar-refractivity contribution in [2.24, 2.45) is 82.9 Å². The van der Waals surface area contributed by atoms with Crippen molar-refractivity contribution in [3.05, 3.63) is 0 Å². The minimum absolute atomic E-state index is 1.12. The number of fused-ring (bicyclic) bond motifs is 6. The Labute approximate surface area is 236 Å². The second kappa shape index (κ2) is 11.0. The van der Waals surface area contributed by atoms with Gasteiger partial charge in [-0.25, -0.2) is 0 Å². The van der Waals surface area contributed by atoms with E-state index in [0.29, 0.717) is 0 Å². The Bertz CT molecular complexity index is 786. The lowest BCUT2D eigenvalue weighted by Gasteiger charge is -2.65. The van der Waals surface area contributed by atoms with E-state index in [1.54, 1.807) is 154 Å². The molecule has 8 aliphatic rings. The van der Waals surface area contributed by atoms with Gasteiger partial charge < -0.3 is 0 Å². The van der Waals surface area contributed by atoms with Crippen LogP contribution in [0, 0.1) is 82.9 Å². The third-order valence-corrected chi connectivity index (χ3v) is 15.8. The van der Waals surface area contributed by atoms with E-state index in [4.69, 9.17) is 0 Å². The fourth-order valence-electron chi connectivity index (χ4n) is 14.6. The van der Waals surface area contributed by atoms with Crippen molar-refractivity contribution in [2.75, 3.05) is 0 Å². The second-order valence-electron chi connectivity index (χ2n) is 17.1. The molecule has 0 heteroatoms. The summed E-state index contributed by atoms with van der Waals surface area (Å²) in [7, 11) is 0. The van der Waals surface area contributed by atoms with Crippen LogP contribution in [0.4, 0.5) is 0 Å². The first-order valence-electron chi connectivity index (χ1n) is 18.8. The predicted molar refractivity (Wildman–Crippen MR) is 160 cm³/mol. The topological polar surface area (TPSA) is 0 Å². The molecule has 8 saturated carbocycles. The van der Waals surface area contributed by atoms with E-state index in [-0.39, 0.29) is 0 Å². The van der Waals surface area contributed by atoms with Crippen LogP contribution in [0.5, 0.6) is 0 Å². The molecule has 214 valence electrons. The van der Waals surface area contributed by atoms with Gasteiger partial charge in [-0.05, 0) is 128 Å². The van der Waals surface area contributed by atoms with Crippen LogP contribution in [0.1, 0.15) is 154 Å². The van der Waals surface area contributed by atoms with Gasteiger partial charge in [-0.1, -0.05) is 109 Å². The van der Waals surface area contributed by atoms with Crippen molar-refractivity contribution in [3.63, 3.8) is 0 Å². The summed E-state index contributed by atoms with van der Waals surface area (Å²) in [5.41, 5.74) is 0. The summed E-state index contributed by atoms with van der Waals surface area (Å²) in [6.45, 7) is 0. The molecule has 0 aliphatic heterocycles. The average Bonchev–Trinajstić information content (AvgIpc) is 2.99. The molecule has 0 radical (unpaired) electrons. The van der Waals surface area contributed by atoms with Gasteiger partial charge >= 0.3 is 0 Å². The molecule has 0 saturated heterocycles. The molecule has 0 N–H and O–H groups in total. The Hall–Kier alpha value is 0. The monoisotopic (exact) mass is 518 g/mol. The van der Waals surface area contributed by atoms with Crippen LogP contribution in [-0.4, -0.2) is 0 Å². The van der Waals surface area contributed by atoms with Crippen LogP contribution in [-0.2, 0) is 0 Å². The van der Waals surface area contributed by atoms with E-state index < -0.39 is 0 Å². The second-order valence-corrected chi connectivity index (χ2v) is 17.1. The Morgan fingerprint density at radius 2 is 0.605 bits per heavy atom. The van der Waals surface area contributed by atoms with Crippen molar-refractivity contribution < 1.29 is 0 Å². The normalized spacial score (nSPS) is 52.1. The van der Waals surface area contributed by atoms with E-state index in [1.165, 1.54) is 0 Å². The molecule has 38 heavy (non-hydrogen) atoms. The van der Waals surface area contributed by atoms with E-state index in [1.807, 2.05) is 0 Å². The largest absolute Gasteiger partial charge is 0.0533 e. The lowest BCUT2D eigenvalue weighted by atomic mass is 9.40. The molecule has 12 unspecified atom stereocenters. The first-order valence-corrected chi connectivity index (χ1v) is 18.8. The van der Waals surface area contributed by atoms with Gasteiger partial charge in [0.25, 0.3) is 0 Å². The zero-order valence-electron chi connectivity index (χ0n) is 25.1. The van der Waals surface area contributed by atoms with Crippen LogP contribution in [0.3, 0.4) is 0 Å². The number of rotatable bonds is 2. The van der Waals surface area contributed by atoms with Crippen molar-refractivity contribution in [1.82, 2.24) is 0 Å². The maximum Gasteiger partial charge on any atom is -0.0323 e. The summed E-state index contributed by atoms with van der Waals surface area (Å²) in [5.74, 6) is 16.0. The molecular weight excluding hydrogens is 456 g/mol. The Morgan fingerprint density at radius 3 is 1.18 bits per heavy atom. The molecule has 0 aromatic rings. The summed E-state index contributed by atoms with van der Waals surface area (Å²) < 4.78 is 0. The molecule has 8 rings (SSSR count). The van der Waals surface area contributed by atoms with Crippen molar-refractivity contribution in [3.8, 4) is 0 Å². The minimum Gasteiger partial charge on any atom is -0.0533 e. The summed E-state index contributed by atoms with van der Waals surface area (Å²) >= 11 is 0. The van der Waals surface area contributed by atoms with Crippen LogP contribution in [0.25, 0.3) is 0 Å². The van der Waals surface area contributed by atoms with Gasteiger partial charge in [0.15, 0.2) is 0 Å². The van der Waals surface area contributed by atoms with Gasteiger partial charge in [0, 0.05) is 0 Å². The van der Waals surface area contributed by atoms with E-state index >= 15 is 0 Å². The molecule has 0 amide bonds. The highest BCUT2D eigenvalue weighted by atomic mass is 14.6. The smallest absolute Gasteiger partial charge is 0.0323 e. The summed E-state index contributed by atoms with van der Waals surface area (Å²) in [6.07, 6.45) is 38.7. The number of hydrogen-bond acceptors (Lipinski definition) is 0. The first-order chi connectivity index (χ1) is 18.8. The lowest BCUT2D eigenvalue weighted by molar-refractivity contribution is -0.160. The molecule has 0 nitrogen and oxygen atoms in total. The van der Waals surface area contributed by atoms with E-state index in [2.05, 4.69) is 0 Å². The van der Waals surface area contributed by atoms with Gasteiger partial charge in [0.1, 0.15) is 0 Å². The van der Waals surface area contributed by atoms with Gasteiger partial charge in [-0.3, -0.25) is 0 Å². The molecular formula is C38H62. The van der Waals surface area contributed by atoms with Crippen molar-refractivity contribution in [1.29, 1.82) is 0 Å². The highest BCUT2D eigenvalue weighted by Crippen LogP contribution is 2.67. The quantitative estimate of drug-likeness (QED) is 0.341. The summed E-state index contributed by atoms with van der Waals surface area (Å²) in [6, 6.07) is 0. The van der Waals surface area contributed by atoms with E-state index in [9.17, 15) is 0 Å². The van der Waals surface area contributed by atoms with Gasteiger partial charge in [-0.15, -0.1) is 0 Å².